The van der Waals surface area contributed by atoms with E-state index >= 15 is 0 Å². The molecular weight excluding hydrogens is 406 g/mol. The van der Waals surface area contributed by atoms with E-state index < -0.39 is 0 Å². The summed E-state index contributed by atoms with van der Waals surface area (Å²) in [6, 6.07) is 11.2. The summed E-state index contributed by atoms with van der Waals surface area (Å²) in [4.78, 5) is 22.0. The number of aryl methyl sites for hydroxylation is 2. The number of fused-ring (bicyclic) bond motifs is 1. The number of carbonyl (C=O) groups is 1. The second-order valence-electron chi connectivity index (χ2n) is 6.17. The van der Waals surface area contributed by atoms with Crippen LogP contribution in [0.25, 0.3) is 11.0 Å². The standard InChI is InChI=1S/C21H22BrN3O2/c1-4-16-17(5-2)25-19-11-13(6-8-18(19)24-16)21(26)23-12-14-10-15(22)7-9-20(14)27-3/h6-11H,4-5,12H2,1-3H3,(H,23,26). The van der Waals surface area contributed by atoms with Crippen molar-refractivity contribution in [2.24, 2.45) is 0 Å². The van der Waals surface area contributed by atoms with Gasteiger partial charge in [0, 0.05) is 22.1 Å². The minimum atomic E-state index is -0.154. The quantitative estimate of drug-likeness (QED) is 0.630. The molecule has 0 aliphatic heterocycles. The molecule has 1 aromatic heterocycles. The molecule has 27 heavy (non-hydrogen) atoms. The second-order valence-corrected chi connectivity index (χ2v) is 7.08. The lowest BCUT2D eigenvalue weighted by Gasteiger charge is -2.11. The monoisotopic (exact) mass is 427 g/mol. The van der Waals surface area contributed by atoms with Gasteiger partial charge in [0.2, 0.25) is 0 Å². The van der Waals surface area contributed by atoms with E-state index in [-0.39, 0.29) is 5.91 Å². The molecule has 3 aromatic rings. The number of ether oxygens (including phenoxy) is 1. The van der Waals surface area contributed by atoms with Crippen molar-refractivity contribution in [2.45, 2.75) is 33.2 Å². The van der Waals surface area contributed by atoms with Gasteiger partial charge in [0.15, 0.2) is 0 Å². The van der Waals surface area contributed by atoms with Crippen LogP contribution in [0.2, 0.25) is 0 Å². The van der Waals surface area contributed by atoms with Gasteiger partial charge in [0.1, 0.15) is 5.75 Å². The third-order valence-electron chi connectivity index (χ3n) is 4.43. The number of hydrogen-bond acceptors (Lipinski definition) is 4. The summed E-state index contributed by atoms with van der Waals surface area (Å²) in [5, 5.41) is 2.95. The van der Waals surface area contributed by atoms with E-state index in [0.29, 0.717) is 12.1 Å². The topological polar surface area (TPSA) is 64.1 Å². The summed E-state index contributed by atoms with van der Waals surface area (Å²) >= 11 is 3.45. The zero-order valence-electron chi connectivity index (χ0n) is 15.7. The van der Waals surface area contributed by atoms with Crippen LogP contribution in [0.4, 0.5) is 0 Å². The van der Waals surface area contributed by atoms with Crippen LogP contribution in [-0.2, 0) is 19.4 Å². The van der Waals surface area contributed by atoms with Gasteiger partial charge < -0.3 is 10.1 Å². The van der Waals surface area contributed by atoms with Gasteiger partial charge >= 0.3 is 0 Å². The van der Waals surface area contributed by atoms with E-state index in [1.807, 2.05) is 24.3 Å². The number of rotatable bonds is 6. The van der Waals surface area contributed by atoms with Crippen LogP contribution >= 0.6 is 15.9 Å². The molecule has 0 saturated carbocycles. The summed E-state index contributed by atoms with van der Waals surface area (Å²) in [5.74, 6) is 0.584. The fourth-order valence-corrected chi connectivity index (χ4v) is 3.41. The Morgan fingerprint density at radius 3 is 2.41 bits per heavy atom. The molecule has 0 radical (unpaired) electrons. The molecule has 0 unspecified atom stereocenters. The van der Waals surface area contributed by atoms with Crippen molar-refractivity contribution in [3.05, 3.63) is 63.4 Å². The predicted octanol–water partition coefficient (Wildman–Crippen LogP) is 4.46. The minimum Gasteiger partial charge on any atom is -0.496 e. The first-order chi connectivity index (χ1) is 13.0. The van der Waals surface area contributed by atoms with E-state index in [1.165, 1.54) is 0 Å². The molecule has 140 valence electrons. The van der Waals surface area contributed by atoms with Gasteiger partial charge in [0.25, 0.3) is 5.91 Å². The highest BCUT2D eigenvalue weighted by molar-refractivity contribution is 9.10. The number of amides is 1. The highest BCUT2D eigenvalue weighted by Crippen LogP contribution is 2.23. The highest BCUT2D eigenvalue weighted by Gasteiger charge is 2.11. The van der Waals surface area contributed by atoms with Gasteiger partial charge in [-0.05, 0) is 49.2 Å². The van der Waals surface area contributed by atoms with E-state index in [9.17, 15) is 4.79 Å². The molecule has 5 nitrogen and oxygen atoms in total. The summed E-state index contributed by atoms with van der Waals surface area (Å²) in [5.41, 5.74) is 5.04. The number of aromatic nitrogens is 2. The van der Waals surface area contributed by atoms with E-state index in [2.05, 4.69) is 40.1 Å². The van der Waals surface area contributed by atoms with Crippen LogP contribution in [0, 0.1) is 0 Å². The third-order valence-corrected chi connectivity index (χ3v) is 4.93. The Hall–Kier alpha value is -2.47. The van der Waals surface area contributed by atoms with Gasteiger partial charge in [-0.15, -0.1) is 0 Å². The molecular formula is C21H22BrN3O2. The van der Waals surface area contributed by atoms with E-state index in [4.69, 9.17) is 9.72 Å². The number of halogens is 1. The number of benzene rings is 2. The van der Waals surface area contributed by atoms with Crippen LogP contribution in [-0.4, -0.2) is 23.0 Å². The number of hydrogen-bond donors (Lipinski definition) is 1. The normalized spacial score (nSPS) is 10.8. The predicted molar refractivity (Wildman–Crippen MR) is 110 cm³/mol. The van der Waals surface area contributed by atoms with Crippen LogP contribution in [0.5, 0.6) is 5.75 Å². The van der Waals surface area contributed by atoms with E-state index in [1.54, 1.807) is 19.2 Å². The van der Waals surface area contributed by atoms with Crippen LogP contribution < -0.4 is 10.1 Å². The summed E-state index contributed by atoms with van der Waals surface area (Å²) < 4.78 is 6.29. The van der Waals surface area contributed by atoms with E-state index in [0.717, 1.165) is 51.0 Å². The van der Waals surface area contributed by atoms with Crippen molar-refractivity contribution in [1.29, 1.82) is 0 Å². The molecule has 3 rings (SSSR count). The maximum atomic E-state index is 12.6. The molecule has 0 fully saturated rings. The van der Waals surface area contributed by atoms with Crippen molar-refractivity contribution in [3.63, 3.8) is 0 Å². The third kappa shape index (κ3) is 4.27. The Balaban J connectivity index is 1.82. The number of carbonyl (C=O) groups excluding carboxylic acids is 1. The lowest BCUT2D eigenvalue weighted by Crippen LogP contribution is -2.23. The molecule has 0 aliphatic rings. The molecule has 2 aromatic carbocycles. The molecule has 0 aliphatic carbocycles. The average molecular weight is 428 g/mol. The molecule has 6 heteroatoms. The first-order valence-corrected chi connectivity index (χ1v) is 9.75. The van der Waals surface area contributed by atoms with Crippen molar-refractivity contribution >= 4 is 32.9 Å². The second kappa shape index (κ2) is 8.48. The zero-order valence-corrected chi connectivity index (χ0v) is 17.3. The summed E-state index contributed by atoms with van der Waals surface area (Å²) in [7, 11) is 1.62. The maximum Gasteiger partial charge on any atom is 0.251 e. The maximum absolute atomic E-state index is 12.6. The Bertz CT molecular complexity index is 989. The van der Waals surface area contributed by atoms with Crippen molar-refractivity contribution in [2.75, 3.05) is 7.11 Å². The summed E-state index contributed by atoms with van der Waals surface area (Å²) in [6.45, 7) is 4.52. The lowest BCUT2D eigenvalue weighted by molar-refractivity contribution is 0.0951. The Labute approximate surface area is 167 Å². The molecule has 0 atom stereocenters. The van der Waals surface area contributed by atoms with Gasteiger partial charge in [-0.2, -0.15) is 0 Å². The number of methoxy groups -OCH3 is 1. The SMILES string of the molecule is CCc1nc2ccc(C(=O)NCc3cc(Br)ccc3OC)cc2nc1CC. The number of nitrogens with zero attached hydrogens (tertiary/aromatic N) is 2. The molecule has 0 saturated heterocycles. The first-order valence-electron chi connectivity index (χ1n) is 8.95. The lowest BCUT2D eigenvalue weighted by atomic mass is 10.1. The molecule has 0 bridgehead atoms. The Morgan fingerprint density at radius 2 is 1.74 bits per heavy atom. The highest BCUT2D eigenvalue weighted by atomic mass is 79.9. The smallest absolute Gasteiger partial charge is 0.251 e. The zero-order chi connectivity index (χ0) is 19.4. The molecule has 0 spiro atoms. The van der Waals surface area contributed by atoms with Crippen molar-refractivity contribution in [1.82, 2.24) is 15.3 Å². The van der Waals surface area contributed by atoms with Gasteiger partial charge in [-0.3, -0.25) is 4.79 Å². The number of nitrogens with one attached hydrogen (secondary N) is 1. The largest absolute Gasteiger partial charge is 0.496 e. The Kier molecular flexibility index (Phi) is 6.06. The first kappa shape index (κ1) is 19.3. The van der Waals surface area contributed by atoms with Crippen LogP contribution in [0.15, 0.2) is 40.9 Å². The molecule has 1 amide bonds. The van der Waals surface area contributed by atoms with Crippen molar-refractivity contribution < 1.29 is 9.53 Å². The summed E-state index contributed by atoms with van der Waals surface area (Å²) in [6.07, 6.45) is 1.67. The molecule has 1 heterocycles. The fourth-order valence-electron chi connectivity index (χ4n) is 3.00. The van der Waals surface area contributed by atoms with Gasteiger partial charge in [0.05, 0.1) is 29.5 Å². The van der Waals surface area contributed by atoms with Gasteiger partial charge in [-0.25, -0.2) is 9.97 Å². The van der Waals surface area contributed by atoms with Crippen molar-refractivity contribution in [3.8, 4) is 5.75 Å². The fraction of sp³-hybridized carbons (Fsp3) is 0.286. The van der Waals surface area contributed by atoms with Crippen LogP contribution in [0.3, 0.4) is 0 Å². The average Bonchev–Trinajstić information content (AvgIpc) is 2.70. The Morgan fingerprint density at radius 1 is 1.04 bits per heavy atom. The van der Waals surface area contributed by atoms with Crippen LogP contribution in [0.1, 0.15) is 41.2 Å². The molecule has 1 N–H and O–H groups in total. The van der Waals surface area contributed by atoms with Gasteiger partial charge in [-0.1, -0.05) is 29.8 Å². The minimum absolute atomic E-state index is 0.154.